The molecule has 0 aliphatic carbocycles. The van der Waals surface area contributed by atoms with Gasteiger partial charge in [0, 0.05) is 11.6 Å². The molecule has 3 unspecified atom stereocenters. The van der Waals surface area contributed by atoms with Gasteiger partial charge >= 0.3 is 6.18 Å². The van der Waals surface area contributed by atoms with Crippen molar-refractivity contribution in [2.75, 3.05) is 0 Å². The number of alkyl halides is 3. The highest BCUT2D eigenvalue weighted by Crippen LogP contribution is 2.43. The molecule has 1 saturated heterocycles. The first-order valence-electron chi connectivity index (χ1n) is 6.09. The molecule has 0 aromatic heterocycles. The van der Waals surface area contributed by atoms with Crippen molar-refractivity contribution in [1.82, 2.24) is 5.32 Å². The molecule has 98 valence electrons. The van der Waals surface area contributed by atoms with E-state index in [1.807, 2.05) is 0 Å². The van der Waals surface area contributed by atoms with Crippen LogP contribution in [0.2, 0.25) is 0 Å². The average Bonchev–Trinajstić information content (AvgIpc) is 2.65. The van der Waals surface area contributed by atoms with Gasteiger partial charge in [-0.1, -0.05) is 6.07 Å². The molecule has 1 N–H and O–H groups in total. The van der Waals surface area contributed by atoms with Crippen molar-refractivity contribution in [2.24, 2.45) is 0 Å². The minimum absolute atomic E-state index is 0.0281. The number of piperidine rings is 1. The molecule has 0 radical (unpaired) electrons. The van der Waals surface area contributed by atoms with Crippen LogP contribution in [0.4, 0.5) is 13.2 Å². The Bertz CT molecular complexity index is 472. The zero-order valence-corrected chi connectivity index (χ0v) is 9.92. The SMILES string of the molecule is CC1CCC2Oc3cc(C(F)(F)F)ccc3C2N1. The largest absolute Gasteiger partial charge is 0.488 e. The number of fused-ring (bicyclic) bond motifs is 3. The van der Waals surface area contributed by atoms with Crippen LogP contribution >= 0.6 is 0 Å². The second-order valence-corrected chi connectivity index (χ2v) is 5.03. The van der Waals surface area contributed by atoms with E-state index in [1.54, 1.807) is 0 Å². The summed E-state index contributed by atoms with van der Waals surface area (Å²) in [5, 5.41) is 3.39. The Hall–Kier alpha value is -1.23. The van der Waals surface area contributed by atoms with Gasteiger partial charge in [0.2, 0.25) is 0 Å². The Morgan fingerprint density at radius 1 is 1.28 bits per heavy atom. The lowest BCUT2D eigenvalue weighted by Gasteiger charge is -2.30. The monoisotopic (exact) mass is 257 g/mol. The van der Waals surface area contributed by atoms with Gasteiger partial charge in [-0.15, -0.1) is 0 Å². The zero-order chi connectivity index (χ0) is 12.9. The molecule has 0 bridgehead atoms. The van der Waals surface area contributed by atoms with Gasteiger partial charge in [-0.2, -0.15) is 13.2 Å². The van der Waals surface area contributed by atoms with Crippen LogP contribution < -0.4 is 10.1 Å². The highest BCUT2D eigenvalue weighted by atomic mass is 19.4. The predicted molar refractivity (Wildman–Crippen MR) is 60.4 cm³/mol. The Balaban J connectivity index is 1.94. The Kier molecular flexibility index (Phi) is 2.55. The van der Waals surface area contributed by atoms with Crippen LogP contribution in [-0.4, -0.2) is 12.1 Å². The first-order valence-corrected chi connectivity index (χ1v) is 6.09. The molecule has 2 heterocycles. The third-order valence-electron chi connectivity index (χ3n) is 3.67. The van der Waals surface area contributed by atoms with Crippen molar-refractivity contribution < 1.29 is 17.9 Å². The summed E-state index contributed by atoms with van der Waals surface area (Å²) in [6.45, 7) is 2.08. The van der Waals surface area contributed by atoms with Gasteiger partial charge in [-0.3, -0.25) is 0 Å². The van der Waals surface area contributed by atoms with Crippen molar-refractivity contribution in [3.05, 3.63) is 29.3 Å². The van der Waals surface area contributed by atoms with Gasteiger partial charge in [-0.05, 0) is 31.9 Å². The highest BCUT2D eigenvalue weighted by molar-refractivity contribution is 5.44. The van der Waals surface area contributed by atoms with Gasteiger partial charge in [0.25, 0.3) is 0 Å². The normalized spacial score (nSPS) is 30.6. The van der Waals surface area contributed by atoms with Gasteiger partial charge in [-0.25, -0.2) is 0 Å². The van der Waals surface area contributed by atoms with Crippen LogP contribution in [-0.2, 0) is 6.18 Å². The number of ether oxygens (including phenoxy) is 1. The zero-order valence-electron chi connectivity index (χ0n) is 9.92. The number of hydrogen-bond donors (Lipinski definition) is 1. The molecule has 1 aromatic rings. The average molecular weight is 257 g/mol. The molecule has 3 rings (SSSR count). The first kappa shape index (κ1) is 11.8. The quantitative estimate of drug-likeness (QED) is 0.770. The van der Waals surface area contributed by atoms with Crippen molar-refractivity contribution in [2.45, 2.75) is 44.1 Å². The summed E-state index contributed by atoms with van der Waals surface area (Å²) < 4.78 is 43.5. The topological polar surface area (TPSA) is 21.3 Å². The first-order chi connectivity index (χ1) is 8.45. The molecular formula is C13H14F3NO. The molecule has 2 nitrogen and oxygen atoms in total. The maximum absolute atomic E-state index is 12.6. The smallest absolute Gasteiger partial charge is 0.416 e. The van der Waals surface area contributed by atoms with Gasteiger partial charge in [0.15, 0.2) is 0 Å². The standard InChI is InChI=1S/C13H14F3NO/c1-7-2-5-10-12(17-7)9-4-3-8(13(14,15)16)6-11(9)18-10/h3-4,6-7,10,12,17H,2,5H2,1H3. The van der Waals surface area contributed by atoms with E-state index in [2.05, 4.69) is 12.2 Å². The summed E-state index contributed by atoms with van der Waals surface area (Å²) in [4.78, 5) is 0. The molecule has 0 saturated carbocycles. The maximum atomic E-state index is 12.6. The minimum Gasteiger partial charge on any atom is -0.488 e. The van der Waals surface area contributed by atoms with E-state index in [0.29, 0.717) is 11.8 Å². The molecule has 0 spiro atoms. The van der Waals surface area contributed by atoms with E-state index in [0.717, 1.165) is 30.5 Å². The highest BCUT2D eigenvalue weighted by Gasteiger charge is 2.40. The number of benzene rings is 1. The maximum Gasteiger partial charge on any atom is 0.416 e. The number of nitrogens with one attached hydrogen (secondary N) is 1. The number of rotatable bonds is 0. The third kappa shape index (κ3) is 1.86. The molecule has 0 amide bonds. The molecular weight excluding hydrogens is 243 g/mol. The molecule has 1 fully saturated rings. The van der Waals surface area contributed by atoms with Crippen molar-refractivity contribution >= 4 is 0 Å². The van der Waals surface area contributed by atoms with E-state index in [9.17, 15) is 13.2 Å². The number of hydrogen-bond acceptors (Lipinski definition) is 2. The molecule has 18 heavy (non-hydrogen) atoms. The van der Waals surface area contributed by atoms with E-state index >= 15 is 0 Å². The van der Waals surface area contributed by atoms with Gasteiger partial charge in [0.1, 0.15) is 11.9 Å². The van der Waals surface area contributed by atoms with Gasteiger partial charge in [0.05, 0.1) is 11.6 Å². The van der Waals surface area contributed by atoms with E-state index < -0.39 is 11.7 Å². The van der Waals surface area contributed by atoms with E-state index in [1.165, 1.54) is 6.07 Å². The fraction of sp³-hybridized carbons (Fsp3) is 0.538. The summed E-state index contributed by atoms with van der Waals surface area (Å²) in [5.74, 6) is 0.376. The summed E-state index contributed by atoms with van der Waals surface area (Å²) >= 11 is 0. The van der Waals surface area contributed by atoms with Crippen LogP contribution in [0, 0.1) is 0 Å². The molecule has 1 aromatic carbocycles. The lowest BCUT2D eigenvalue weighted by molar-refractivity contribution is -0.137. The van der Waals surface area contributed by atoms with E-state index in [-0.39, 0.29) is 12.1 Å². The summed E-state index contributed by atoms with van der Waals surface area (Å²) in [6, 6.07) is 4.19. The molecule has 3 atom stereocenters. The Morgan fingerprint density at radius 2 is 2.06 bits per heavy atom. The Labute approximate surface area is 103 Å². The lowest BCUT2D eigenvalue weighted by Crippen LogP contribution is -2.42. The number of halogens is 3. The van der Waals surface area contributed by atoms with Crippen LogP contribution in [0.15, 0.2) is 18.2 Å². The van der Waals surface area contributed by atoms with Crippen LogP contribution in [0.3, 0.4) is 0 Å². The molecule has 2 aliphatic rings. The molecule has 2 aliphatic heterocycles. The lowest BCUT2D eigenvalue weighted by atomic mass is 9.93. The van der Waals surface area contributed by atoms with Crippen molar-refractivity contribution in [1.29, 1.82) is 0 Å². The fourth-order valence-electron chi connectivity index (χ4n) is 2.73. The predicted octanol–water partition coefficient (Wildman–Crippen LogP) is 3.28. The van der Waals surface area contributed by atoms with Crippen molar-refractivity contribution in [3.8, 4) is 5.75 Å². The third-order valence-corrected chi connectivity index (χ3v) is 3.67. The summed E-state index contributed by atoms with van der Waals surface area (Å²) in [6.07, 6.45) is -2.47. The van der Waals surface area contributed by atoms with Gasteiger partial charge < -0.3 is 10.1 Å². The van der Waals surface area contributed by atoms with Crippen molar-refractivity contribution in [3.63, 3.8) is 0 Å². The minimum atomic E-state index is -4.31. The van der Waals surface area contributed by atoms with Crippen LogP contribution in [0.1, 0.15) is 36.9 Å². The van der Waals surface area contributed by atoms with E-state index in [4.69, 9.17) is 4.74 Å². The van der Waals surface area contributed by atoms with Crippen LogP contribution in [0.5, 0.6) is 5.75 Å². The summed E-state index contributed by atoms with van der Waals surface area (Å²) in [5.41, 5.74) is 0.201. The molecule has 5 heteroatoms. The second-order valence-electron chi connectivity index (χ2n) is 5.03. The Morgan fingerprint density at radius 3 is 2.78 bits per heavy atom. The second kappa shape index (κ2) is 3.88. The fourth-order valence-corrected chi connectivity index (χ4v) is 2.73. The van der Waals surface area contributed by atoms with Crippen LogP contribution in [0.25, 0.3) is 0 Å². The summed E-state index contributed by atoms with van der Waals surface area (Å²) in [7, 11) is 0.